The zero-order valence-corrected chi connectivity index (χ0v) is 12.2. The van der Waals surface area contributed by atoms with Crippen LogP contribution >= 0.6 is 0 Å². The number of carbonyl (C=O) groups is 1. The summed E-state index contributed by atoms with van der Waals surface area (Å²) in [5.41, 5.74) is 1.30. The maximum Gasteiger partial charge on any atom is 0.267 e. The van der Waals surface area contributed by atoms with Crippen LogP contribution in [-0.2, 0) is 11.3 Å². The minimum Gasteiger partial charge on any atom is -0.354 e. The number of nitrogens with one attached hydrogen (secondary N) is 1. The van der Waals surface area contributed by atoms with Crippen LogP contribution in [0.5, 0.6) is 0 Å². The summed E-state index contributed by atoms with van der Waals surface area (Å²) in [5, 5.41) is 7.03. The predicted molar refractivity (Wildman–Crippen MR) is 81.8 cm³/mol. The molecule has 0 saturated carbocycles. The van der Waals surface area contributed by atoms with Crippen molar-refractivity contribution < 1.29 is 4.79 Å². The summed E-state index contributed by atoms with van der Waals surface area (Å²) in [5.74, 6) is 0.165. The Hall–Kier alpha value is -2.43. The van der Waals surface area contributed by atoms with Gasteiger partial charge in [0.25, 0.3) is 5.56 Å². The van der Waals surface area contributed by atoms with Crippen molar-refractivity contribution in [1.29, 1.82) is 0 Å². The van der Waals surface area contributed by atoms with Crippen LogP contribution in [0.3, 0.4) is 0 Å². The lowest BCUT2D eigenvalue weighted by molar-refractivity contribution is -0.122. The molecule has 21 heavy (non-hydrogen) atoms. The molecule has 1 N–H and O–H groups in total. The Kier molecular flexibility index (Phi) is 4.87. The van der Waals surface area contributed by atoms with Gasteiger partial charge in [-0.15, -0.1) is 0 Å². The summed E-state index contributed by atoms with van der Waals surface area (Å²) < 4.78 is 1.19. The Labute approximate surface area is 123 Å². The van der Waals surface area contributed by atoms with Crippen molar-refractivity contribution in [2.75, 3.05) is 6.54 Å². The highest BCUT2D eigenvalue weighted by Gasteiger charge is 2.08. The molecule has 1 heterocycles. The first-order chi connectivity index (χ1) is 10.1. The molecule has 5 heteroatoms. The molecule has 0 aliphatic heterocycles. The number of benzene rings is 1. The lowest BCUT2D eigenvalue weighted by Crippen LogP contribution is -2.35. The second kappa shape index (κ2) is 6.83. The largest absolute Gasteiger partial charge is 0.354 e. The molecular weight excluding hydrogens is 266 g/mol. The van der Waals surface area contributed by atoms with Crippen LogP contribution in [0, 0.1) is 5.92 Å². The molecule has 1 aromatic heterocycles. The number of rotatable bonds is 5. The number of hydrogen-bond donors (Lipinski definition) is 1. The molecule has 1 aromatic carbocycles. The van der Waals surface area contributed by atoms with E-state index in [1.165, 1.54) is 10.7 Å². The molecule has 0 bridgehead atoms. The first-order valence-corrected chi connectivity index (χ1v) is 6.96. The van der Waals surface area contributed by atoms with E-state index in [4.69, 9.17) is 0 Å². The summed E-state index contributed by atoms with van der Waals surface area (Å²) in [6, 6.07) is 12.7. The third-order valence-corrected chi connectivity index (χ3v) is 2.94. The molecule has 110 valence electrons. The Morgan fingerprint density at radius 2 is 1.90 bits per heavy atom. The van der Waals surface area contributed by atoms with E-state index in [0.717, 1.165) is 5.56 Å². The number of amides is 1. The van der Waals surface area contributed by atoms with Crippen LogP contribution in [0.25, 0.3) is 11.3 Å². The van der Waals surface area contributed by atoms with Crippen molar-refractivity contribution in [3.63, 3.8) is 0 Å². The summed E-state index contributed by atoms with van der Waals surface area (Å²) in [7, 11) is 0. The molecule has 0 aliphatic rings. The Bertz CT molecular complexity index is 663. The van der Waals surface area contributed by atoms with Crippen molar-refractivity contribution >= 4 is 5.91 Å². The third-order valence-electron chi connectivity index (χ3n) is 2.94. The van der Waals surface area contributed by atoms with Crippen LogP contribution < -0.4 is 10.9 Å². The zero-order valence-electron chi connectivity index (χ0n) is 12.2. The predicted octanol–water partition coefficient (Wildman–Crippen LogP) is 1.68. The minimum absolute atomic E-state index is 0.0633. The fourth-order valence-electron chi connectivity index (χ4n) is 1.83. The van der Waals surface area contributed by atoms with Crippen LogP contribution in [0.4, 0.5) is 0 Å². The third kappa shape index (κ3) is 4.27. The quantitative estimate of drug-likeness (QED) is 0.909. The van der Waals surface area contributed by atoms with Crippen molar-refractivity contribution in [3.05, 3.63) is 52.8 Å². The van der Waals surface area contributed by atoms with Gasteiger partial charge in [0.15, 0.2) is 0 Å². The van der Waals surface area contributed by atoms with E-state index in [1.54, 1.807) is 6.07 Å². The van der Waals surface area contributed by atoms with Crippen LogP contribution in [0.1, 0.15) is 13.8 Å². The molecule has 5 nitrogen and oxygen atoms in total. The number of aromatic nitrogens is 2. The highest BCUT2D eigenvalue weighted by molar-refractivity contribution is 5.75. The molecule has 0 aliphatic carbocycles. The SMILES string of the molecule is CC(C)CNC(=O)Cn1nc(-c2ccccc2)ccc1=O. The van der Waals surface area contributed by atoms with E-state index in [-0.39, 0.29) is 18.0 Å². The van der Waals surface area contributed by atoms with Crippen molar-refractivity contribution in [3.8, 4) is 11.3 Å². The molecule has 0 unspecified atom stereocenters. The van der Waals surface area contributed by atoms with Crippen LogP contribution in [0.2, 0.25) is 0 Å². The van der Waals surface area contributed by atoms with Crippen LogP contribution in [0.15, 0.2) is 47.3 Å². The van der Waals surface area contributed by atoms with Gasteiger partial charge in [0, 0.05) is 18.2 Å². The molecule has 0 radical (unpaired) electrons. The maximum atomic E-state index is 11.8. The Balaban J connectivity index is 2.17. The standard InChI is InChI=1S/C16H19N3O2/c1-12(2)10-17-15(20)11-19-16(21)9-8-14(18-19)13-6-4-3-5-7-13/h3-9,12H,10-11H2,1-2H3,(H,17,20). The van der Waals surface area contributed by atoms with Gasteiger partial charge in [-0.3, -0.25) is 9.59 Å². The van der Waals surface area contributed by atoms with Gasteiger partial charge < -0.3 is 5.32 Å². The fraction of sp³-hybridized carbons (Fsp3) is 0.312. The van der Waals surface area contributed by atoms with E-state index >= 15 is 0 Å². The van der Waals surface area contributed by atoms with Crippen LogP contribution in [-0.4, -0.2) is 22.2 Å². The fourth-order valence-corrected chi connectivity index (χ4v) is 1.83. The normalized spacial score (nSPS) is 10.6. The van der Waals surface area contributed by atoms with Crippen molar-refractivity contribution in [2.24, 2.45) is 5.92 Å². The number of nitrogens with zero attached hydrogens (tertiary/aromatic N) is 2. The number of carbonyl (C=O) groups excluding carboxylic acids is 1. The average molecular weight is 285 g/mol. The topological polar surface area (TPSA) is 64.0 Å². The van der Waals surface area contributed by atoms with E-state index < -0.39 is 0 Å². The van der Waals surface area contributed by atoms with Gasteiger partial charge in [-0.05, 0) is 12.0 Å². The summed E-state index contributed by atoms with van der Waals surface area (Å²) in [6.07, 6.45) is 0. The summed E-state index contributed by atoms with van der Waals surface area (Å²) in [6.45, 7) is 4.56. The molecule has 2 rings (SSSR count). The van der Waals surface area contributed by atoms with Gasteiger partial charge in [-0.2, -0.15) is 5.10 Å². The van der Waals surface area contributed by atoms with E-state index in [1.807, 2.05) is 44.2 Å². The first kappa shape index (κ1) is 15.0. The maximum absolute atomic E-state index is 11.8. The van der Waals surface area contributed by atoms with E-state index in [2.05, 4.69) is 10.4 Å². The molecule has 0 saturated heterocycles. The summed E-state index contributed by atoms with van der Waals surface area (Å²) in [4.78, 5) is 23.6. The van der Waals surface area contributed by atoms with E-state index in [9.17, 15) is 9.59 Å². The smallest absolute Gasteiger partial charge is 0.267 e. The highest BCUT2D eigenvalue weighted by atomic mass is 16.2. The van der Waals surface area contributed by atoms with Gasteiger partial charge in [-0.25, -0.2) is 4.68 Å². The first-order valence-electron chi connectivity index (χ1n) is 6.96. The molecule has 1 amide bonds. The Morgan fingerprint density at radius 1 is 1.19 bits per heavy atom. The van der Waals surface area contributed by atoms with Gasteiger partial charge >= 0.3 is 0 Å². The van der Waals surface area contributed by atoms with Crippen molar-refractivity contribution in [1.82, 2.24) is 15.1 Å². The van der Waals surface area contributed by atoms with Gasteiger partial charge in [0.2, 0.25) is 5.91 Å². The number of hydrogen-bond acceptors (Lipinski definition) is 3. The van der Waals surface area contributed by atoms with Gasteiger partial charge in [0.1, 0.15) is 6.54 Å². The zero-order chi connectivity index (χ0) is 15.2. The second-order valence-electron chi connectivity index (χ2n) is 5.28. The van der Waals surface area contributed by atoms with Gasteiger partial charge in [0.05, 0.1) is 5.69 Å². The average Bonchev–Trinajstić information content (AvgIpc) is 2.48. The molecule has 0 atom stereocenters. The lowest BCUT2D eigenvalue weighted by Gasteiger charge is -2.09. The second-order valence-corrected chi connectivity index (χ2v) is 5.28. The molecule has 0 spiro atoms. The van der Waals surface area contributed by atoms with E-state index in [0.29, 0.717) is 18.2 Å². The summed E-state index contributed by atoms with van der Waals surface area (Å²) >= 11 is 0. The van der Waals surface area contributed by atoms with Crippen molar-refractivity contribution in [2.45, 2.75) is 20.4 Å². The highest BCUT2D eigenvalue weighted by Crippen LogP contribution is 2.13. The minimum atomic E-state index is -0.283. The monoisotopic (exact) mass is 285 g/mol. The van der Waals surface area contributed by atoms with Gasteiger partial charge in [-0.1, -0.05) is 44.2 Å². The molecular formula is C16H19N3O2. The molecule has 0 fully saturated rings. The lowest BCUT2D eigenvalue weighted by atomic mass is 10.1. The molecule has 2 aromatic rings. The Morgan fingerprint density at radius 3 is 2.57 bits per heavy atom.